The molecule has 0 saturated carbocycles. The number of nitrogens with one attached hydrogen (secondary N) is 1. The van der Waals surface area contributed by atoms with Crippen molar-refractivity contribution in [3.8, 4) is 17.2 Å². The van der Waals surface area contributed by atoms with E-state index in [0.29, 0.717) is 46.2 Å². The highest BCUT2D eigenvalue weighted by atomic mass is 16.6. The van der Waals surface area contributed by atoms with Crippen molar-refractivity contribution in [3.05, 3.63) is 119 Å². The van der Waals surface area contributed by atoms with Crippen LogP contribution in [0.15, 0.2) is 97.1 Å². The van der Waals surface area contributed by atoms with Crippen molar-refractivity contribution in [1.82, 2.24) is 4.90 Å². The molecule has 0 radical (unpaired) electrons. The van der Waals surface area contributed by atoms with Gasteiger partial charge in [0.1, 0.15) is 29.4 Å². The summed E-state index contributed by atoms with van der Waals surface area (Å²) >= 11 is 0. The third kappa shape index (κ3) is 18.5. The number of esters is 2. The predicted molar refractivity (Wildman–Crippen MR) is 232 cm³/mol. The molecule has 0 aliphatic heterocycles. The highest BCUT2D eigenvalue weighted by Gasteiger charge is 2.24. The van der Waals surface area contributed by atoms with Crippen LogP contribution in [0.5, 0.6) is 17.2 Å². The molecule has 1 N–H and O–H groups in total. The monoisotopic (exact) mass is 796 g/mol. The molecule has 10 heteroatoms. The predicted octanol–water partition coefficient (Wildman–Crippen LogP) is 10.7. The number of carbonyl (C=O) groups is 4. The summed E-state index contributed by atoms with van der Waals surface area (Å²) in [6.07, 6.45) is 5.95. The van der Waals surface area contributed by atoms with E-state index in [1.54, 1.807) is 113 Å². The van der Waals surface area contributed by atoms with Crippen LogP contribution in [0.2, 0.25) is 0 Å². The van der Waals surface area contributed by atoms with Crippen molar-refractivity contribution in [1.29, 1.82) is 0 Å². The fourth-order valence-corrected chi connectivity index (χ4v) is 5.37. The molecule has 0 aliphatic carbocycles. The largest absolute Gasteiger partial charge is 0.497 e. The second-order valence-electron chi connectivity index (χ2n) is 15.5. The lowest BCUT2D eigenvalue weighted by atomic mass is 10.1. The highest BCUT2D eigenvalue weighted by molar-refractivity contribution is 5.97. The van der Waals surface area contributed by atoms with Crippen molar-refractivity contribution in [2.45, 2.75) is 107 Å². The molecule has 4 aromatic rings. The van der Waals surface area contributed by atoms with E-state index in [1.165, 1.54) is 24.2 Å². The van der Waals surface area contributed by atoms with Crippen LogP contribution in [0.3, 0.4) is 0 Å². The fourth-order valence-electron chi connectivity index (χ4n) is 5.37. The van der Waals surface area contributed by atoms with Crippen LogP contribution in [0.25, 0.3) is 0 Å². The maximum atomic E-state index is 13.7. The van der Waals surface area contributed by atoms with Gasteiger partial charge in [0.25, 0.3) is 5.91 Å². The minimum Gasteiger partial charge on any atom is -0.497 e. The Bertz CT molecular complexity index is 1830. The van der Waals surface area contributed by atoms with Crippen molar-refractivity contribution >= 4 is 29.4 Å². The molecule has 0 spiro atoms. The van der Waals surface area contributed by atoms with Gasteiger partial charge in [-0.3, -0.25) is 14.4 Å². The summed E-state index contributed by atoms with van der Waals surface area (Å²) < 4.78 is 22.1. The first kappa shape index (κ1) is 48.5. The SMILES string of the molecule is C.CC(C)C.CCCCCCCOc1ccc(C(=O)Oc2ccc(CN(CC(=O)OC(C)(C)C)C(=O)c3ccc(NC(=O)Cc4ccc(OC)cc4)cc3)cc2)cc1. The molecular formula is C48H64N2O8. The van der Waals surface area contributed by atoms with Crippen LogP contribution in [-0.2, 0) is 27.3 Å². The molecule has 314 valence electrons. The van der Waals surface area contributed by atoms with E-state index in [1.807, 2.05) is 12.1 Å². The molecule has 0 unspecified atom stereocenters. The van der Waals surface area contributed by atoms with Crippen LogP contribution in [-0.4, -0.2) is 54.5 Å². The van der Waals surface area contributed by atoms with Gasteiger partial charge in [-0.2, -0.15) is 0 Å². The Morgan fingerprint density at radius 2 is 1.22 bits per heavy atom. The molecule has 0 saturated heterocycles. The standard InChI is InChI=1S/C43H50N2O8.C4H10.CH4/c1-6-7-8-9-10-27-51-37-25-17-34(18-26-37)42(49)52-38-23-13-32(14-24-38)29-45(30-40(47)53-43(2,3)4)41(48)33-15-19-35(20-16-33)44-39(46)28-31-11-21-36(50-5)22-12-31;1-4(2)3;/h11-26H,6-10,27-30H2,1-5H3,(H,44,46);4H,1-3H3;1H4. The number of hydrogen-bond acceptors (Lipinski definition) is 8. The van der Waals surface area contributed by atoms with Crippen molar-refractivity contribution in [2.24, 2.45) is 5.92 Å². The lowest BCUT2D eigenvalue weighted by Crippen LogP contribution is -2.38. The van der Waals surface area contributed by atoms with Gasteiger partial charge in [-0.05, 0) is 117 Å². The quantitative estimate of drug-likeness (QED) is 0.0600. The Morgan fingerprint density at radius 3 is 1.79 bits per heavy atom. The Morgan fingerprint density at radius 1 is 0.690 bits per heavy atom. The number of ether oxygens (including phenoxy) is 4. The molecule has 4 rings (SSSR count). The van der Waals surface area contributed by atoms with Gasteiger partial charge < -0.3 is 29.2 Å². The number of hydrogen-bond donors (Lipinski definition) is 1. The van der Waals surface area contributed by atoms with Gasteiger partial charge in [-0.1, -0.05) is 85.1 Å². The van der Waals surface area contributed by atoms with E-state index < -0.39 is 23.4 Å². The molecule has 0 aliphatic rings. The van der Waals surface area contributed by atoms with Gasteiger partial charge in [0, 0.05) is 17.8 Å². The number of nitrogens with zero attached hydrogens (tertiary/aromatic N) is 1. The molecule has 0 fully saturated rings. The molecule has 0 atom stereocenters. The third-order valence-electron chi connectivity index (χ3n) is 8.08. The Hall–Kier alpha value is -5.64. The molecule has 10 nitrogen and oxygen atoms in total. The second kappa shape index (κ2) is 24.9. The number of amides is 2. The normalized spacial score (nSPS) is 10.6. The van der Waals surface area contributed by atoms with E-state index >= 15 is 0 Å². The molecule has 0 bridgehead atoms. The molecule has 0 aromatic heterocycles. The van der Waals surface area contributed by atoms with E-state index in [4.69, 9.17) is 18.9 Å². The van der Waals surface area contributed by atoms with E-state index in [9.17, 15) is 19.2 Å². The van der Waals surface area contributed by atoms with Crippen molar-refractivity contribution in [2.75, 3.05) is 25.6 Å². The zero-order valence-electron chi connectivity index (χ0n) is 34.9. The summed E-state index contributed by atoms with van der Waals surface area (Å²) in [5.74, 6) is 0.914. The topological polar surface area (TPSA) is 120 Å². The lowest BCUT2D eigenvalue weighted by Gasteiger charge is -2.25. The van der Waals surface area contributed by atoms with Gasteiger partial charge in [0.15, 0.2) is 0 Å². The summed E-state index contributed by atoms with van der Waals surface area (Å²) in [7, 11) is 1.58. The average molecular weight is 797 g/mol. The Balaban J connectivity index is 0.00000221. The van der Waals surface area contributed by atoms with Gasteiger partial charge in [-0.15, -0.1) is 0 Å². The minimum absolute atomic E-state index is 0. The highest BCUT2D eigenvalue weighted by Crippen LogP contribution is 2.20. The first-order chi connectivity index (χ1) is 27.1. The molecule has 4 aromatic carbocycles. The maximum Gasteiger partial charge on any atom is 0.343 e. The minimum atomic E-state index is -0.732. The smallest absolute Gasteiger partial charge is 0.343 e. The molecule has 2 amide bonds. The maximum absolute atomic E-state index is 13.7. The first-order valence-corrected chi connectivity index (χ1v) is 19.7. The van der Waals surface area contributed by atoms with Crippen LogP contribution in [0.1, 0.15) is 120 Å². The number of benzene rings is 4. The van der Waals surface area contributed by atoms with Crippen molar-refractivity contribution in [3.63, 3.8) is 0 Å². The Labute approximate surface area is 346 Å². The number of rotatable bonds is 18. The summed E-state index contributed by atoms with van der Waals surface area (Å²) in [6, 6.07) is 27.3. The van der Waals surface area contributed by atoms with E-state index in [2.05, 4.69) is 33.0 Å². The average Bonchev–Trinajstić information content (AvgIpc) is 3.16. The van der Waals surface area contributed by atoms with Crippen LogP contribution < -0.4 is 19.5 Å². The third-order valence-corrected chi connectivity index (χ3v) is 8.08. The van der Waals surface area contributed by atoms with Gasteiger partial charge in [-0.25, -0.2) is 4.79 Å². The number of unbranched alkanes of at least 4 members (excludes halogenated alkanes) is 4. The summed E-state index contributed by atoms with van der Waals surface area (Å²) in [5.41, 5.74) is 2.06. The molecular weight excluding hydrogens is 733 g/mol. The van der Waals surface area contributed by atoms with Gasteiger partial charge >= 0.3 is 11.9 Å². The van der Waals surface area contributed by atoms with Gasteiger partial charge in [0.2, 0.25) is 5.91 Å². The Kier molecular flexibility index (Phi) is 20.8. The zero-order chi connectivity index (χ0) is 41.8. The first-order valence-electron chi connectivity index (χ1n) is 19.7. The number of anilines is 1. The van der Waals surface area contributed by atoms with Crippen LogP contribution in [0, 0.1) is 5.92 Å². The van der Waals surface area contributed by atoms with E-state index in [0.717, 1.165) is 24.3 Å². The number of carbonyl (C=O) groups excluding carboxylic acids is 4. The lowest BCUT2D eigenvalue weighted by molar-refractivity contribution is -0.155. The van der Waals surface area contributed by atoms with Gasteiger partial charge in [0.05, 0.1) is 25.7 Å². The summed E-state index contributed by atoms with van der Waals surface area (Å²) in [5, 5.41) is 2.85. The van der Waals surface area contributed by atoms with Crippen molar-refractivity contribution < 1.29 is 38.1 Å². The van der Waals surface area contributed by atoms with E-state index in [-0.39, 0.29) is 32.8 Å². The fraction of sp³-hybridized carbons (Fsp3) is 0.417. The molecule has 0 heterocycles. The van der Waals surface area contributed by atoms with Crippen LogP contribution >= 0.6 is 0 Å². The summed E-state index contributed by atoms with van der Waals surface area (Å²) in [4.78, 5) is 53.4. The second-order valence-corrected chi connectivity index (χ2v) is 15.5. The van der Waals surface area contributed by atoms with Crippen LogP contribution in [0.4, 0.5) is 5.69 Å². The number of methoxy groups -OCH3 is 1. The summed E-state index contributed by atoms with van der Waals surface area (Å²) in [6.45, 7) is 14.4. The zero-order valence-corrected chi connectivity index (χ0v) is 34.9. The molecule has 58 heavy (non-hydrogen) atoms.